The van der Waals surface area contributed by atoms with Crippen molar-refractivity contribution < 1.29 is 4.74 Å². The van der Waals surface area contributed by atoms with Crippen molar-refractivity contribution in [2.24, 2.45) is 5.10 Å². The minimum absolute atomic E-state index is 0.423. The first-order valence-electron chi connectivity index (χ1n) is 11.9. The van der Waals surface area contributed by atoms with Gasteiger partial charge in [-0.1, -0.05) is 37.5 Å². The molecule has 0 amide bonds. The molecule has 34 heavy (non-hydrogen) atoms. The number of aromatic nitrogens is 3. The molecule has 0 spiro atoms. The second kappa shape index (κ2) is 10.7. The van der Waals surface area contributed by atoms with E-state index in [-0.39, 0.29) is 0 Å². The van der Waals surface area contributed by atoms with Crippen molar-refractivity contribution in [3.05, 3.63) is 66.6 Å². The smallest absolute Gasteiger partial charge is 0.160 e. The van der Waals surface area contributed by atoms with Crippen molar-refractivity contribution in [2.45, 2.75) is 32.6 Å². The van der Waals surface area contributed by atoms with E-state index in [0.717, 1.165) is 73.0 Å². The molecular formula is C26H35N7O. The summed E-state index contributed by atoms with van der Waals surface area (Å²) >= 11 is 0. The average molecular weight is 462 g/mol. The van der Waals surface area contributed by atoms with Crippen LogP contribution in [0, 0.1) is 0 Å². The molecule has 180 valence electrons. The highest BCUT2D eigenvalue weighted by molar-refractivity contribution is 5.83. The summed E-state index contributed by atoms with van der Waals surface area (Å²) in [5.74, 6) is 2.09. The molecule has 2 aromatic rings. The Kier molecular flexibility index (Phi) is 7.47. The van der Waals surface area contributed by atoms with E-state index in [1.807, 2.05) is 23.6 Å². The van der Waals surface area contributed by atoms with E-state index in [9.17, 15) is 0 Å². The topological polar surface area (TPSA) is 70.3 Å². The van der Waals surface area contributed by atoms with Gasteiger partial charge in [-0.3, -0.25) is 5.43 Å². The van der Waals surface area contributed by atoms with Crippen LogP contribution in [0.5, 0.6) is 0 Å². The predicted molar refractivity (Wildman–Crippen MR) is 140 cm³/mol. The Hall–Kier alpha value is -3.39. The van der Waals surface area contributed by atoms with E-state index in [1.165, 1.54) is 0 Å². The molecule has 0 saturated carbocycles. The third kappa shape index (κ3) is 5.56. The number of hydrazone groups is 1. The highest BCUT2D eigenvalue weighted by atomic mass is 16.5. The first kappa shape index (κ1) is 23.8. The molecular weight excluding hydrogens is 426 g/mol. The molecule has 8 heteroatoms. The maximum atomic E-state index is 5.57. The van der Waals surface area contributed by atoms with Crippen molar-refractivity contribution in [1.82, 2.24) is 19.5 Å². The number of piperidine rings is 1. The van der Waals surface area contributed by atoms with Crippen LogP contribution in [-0.4, -0.2) is 65.1 Å². The van der Waals surface area contributed by atoms with Gasteiger partial charge in [0, 0.05) is 49.9 Å². The van der Waals surface area contributed by atoms with Gasteiger partial charge in [0.05, 0.1) is 25.1 Å². The van der Waals surface area contributed by atoms with Crippen molar-refractivity contribution in [3.63, 3.8) is 0 Å². The van der Waals surface area contributed by atoms with E-state index >= 15 is 0 Å². The zero-order valence-electron chi connectivity index (χ0n) is 20.3. The summed E-state index contributed by atoms with van der Waals surface area (Å²) in [6.07, 6.45) is 7.53. The molecule has 2 fully saturated rings. The Bertz CT molecular complexity index is 1120. The van der Waals surface area contributed by atoms with Crippen molar-refractivity contribution in [2.75, 3.05) is 49.7 Å². The van der Waals surface area contributed by atoms with Gasteiger partial charge >= 0.3 is 0 Å². The molecule has 4 rings (SSSR count). The maximum Gasteiger partial charge on any atom is 0.160 e. The lowest BCUT2D eigenvalue weighted by molar-refractivity contribution is 0.122. The van der Waals surface area contributed by atoms with Crippen molar-refractivity contribution >= 4 is 23.5 Å². The summed E-state index contributed by atoms with van der Waals surface area (Å²) in [5, 5.41) is 9.39. The van der Waals surface area contributed by atoms with Crippen LogP contribution in [0.2, 0.25) is 0 Å². The predicted octanol–water partition coefficient (Wildman–Crippen LogP) is 4.37. The van der Waals surface area contributed by atoms with E-state index in [4.69, 9.17) is 14.8 Å². The van der Waals surface area contributed by atoms with Gasteiger partial charge in [-0.15, -0.1) is 0 Å². The van der Waals surface area contributed by atoms with Crippen LogP contribution in [-0.2, 0) is 4.74 Å². The molecule has 0 atom stereocenters. The summed E-state index contributed by atoms with van der Waals surface area (Å²) in [6.45, 7) is 20.9. The molecule has 2 saturated heterocycles. The second-order valence-corrected chi connectivity index (χ2v) is 9.00. The molecule has 1 N–H and O–H groups in total. The molecule has 0 bridgehead atoms. The minimum Gasteiger partial charge on any atom is -0.378 e. The van der Waals surface area contributed by atoms with Crippen molar-refractivity contribution in [3.8, 4) is 0 Å². The molecule has 2 aliphatic rings. The number of nitrogens with one attached hydrogen (secondary N) is 1. The number of fused-ring (bicyclic) bond motifs is 1. The minimum atomic E-state index is 0.423. The average Bonchev–Trinajstić information content (AvgIpc) is 3.27. The Morgan fingerprint density at radius 1 is 1.15 bits per heavy atom. The van der Waals surface area contributed by atoms with Crippen LogP contribution in [0.1, 0.15) is 38.3 Å². The fourth-order valence-electron chi connectivity index (χ4n) is 4.41. The van der Waals surface area contributed by atoms with Crippen LogP contribution in [0.4, 0.5) is 11.6 Å². The Balaban J connectivity index is 1.62. The van der Waals surface area contributed by atoms with Crippen LogP contribution < -0.4 is 10.3 Å². The molecule has 8 nitrogen and oxygen atoms in total. The van der Waals surface area contributed by atoms with E-state index in [0.29, 0.717) is 24.9 Å². The summed E-state index contributed by atoms with van der Waals surface area (Å²) in [6, 6.07) is 4.13. The van der Waals surface area contributed by atoms with Crippen LogP contribution in [0.15, 0.2) is 66.0 Å². The summed E-state index contributed by atoms with van der Waals surface area (Å²) < 4.78 is 7.54. The number of morpholine rings is 1. The lowest BCUT2D eigenvalue weighted by atomic mass is 9.93. The Morgan fingerprint density at radius 2 is 1.88 bits per heavy atom. The summed E-state index contributed by atoms with van der Waals surface area (Å²) in [4.78, 5) is 9.45. The van der Waals surface area contributed by atoms with Gasteiger partial charge in [0.1, 0.15) is 5.82 Å². The van der Waals surface area contributed by atoms with E-state index in [2.05, 4.69) is 53.1 Å². The molecule has 0 aromatic carbocycles. The number of rotatable bonds is 8. The number of anilines is 2. The lowest BCUT2D eigenvalue weighted by Gasteiger charge is -2.33. The first-order chi connectivity index (χ1) is 16.4. The monoisotopic (exact) mass is 461 g/mol. The van der Waals surface area contributed by atoms with Crippen LogP contribution >= 0.6 is 0 Å². The van der Waals surface area contributed by atoms with Gasteiger partial charge in [-0.2, -0.15) is 14.7 Å². The SMILES string of the molecule is C=CC(/C=N/Nc1cc(N2CCOCC2)n2nc(C3CCN(C(=C)C)CC3)cc2n1)=C\C(=C)C. The number of hydrogen-bond acceptors (Lipinski definition) is 7. The summed E-state index contributed by atoms with van der Waals surface area (Å²) in [7, 11) is 0. The maximum absolute atomic E-state index is 5.57. The number of ether oxygens (including phenoxy) is 1. The third-order valence-electron chi connectivity index (χ3n) is 6.26. The highest BCUT2D eigenvalue weighted by Gasteiger charge is 2.24. The standard InChI is InChI=1S/C26H35N7O/c1-6-21(15-19(2)3)18-27-29-24-17-26(32-11-13-34-14-12-32)33-25(28-24)16-23(30-33)22-7-9-31(10-8-22)20(4)5/h6,15-18,22H,1-2,4,7-14H2,3,5H3,(H,28,29)/b21-15+,27-18+. The van der Waals surface area contributed by atoms with Gasteiger partial charge in [-0.05, 0) is 32.3 Å². The quantitative estimate of drug-likeness (QED) is 0.358. The number of nitrogens with zero attached hydrogens (tertiary/aromatic N) is 6. The molecule has 2 aromatic heterocycles. The molecule has 4 heterocycles. The fourth-order valence-corrected chi connectivity index (χ4v) is 4.41. The molecule has 0 aliphatic carbocycles. The van der Waals surface area contributed by atoms with Gasteiger partial charge in [0.25, 0.3) is 0 Å². The first-order valence-corrected chi connectivity index (χ1v) is 11.9. The van der Waals surface area contributed by atoms with Crippen LogP contribution in [0.3, 0.4) is 0 Å². The van der Waals surface area contributed by atoms with Crippen LogP contribution in [0.25, 0.3) is 5.65 Å². The zero-order valence-corrected chi connectivity index (χ0v) is 20.3. The number of likely N-dealkylation sites (tertiary alicyclic amines) is 1. The van der Waals surface area contributed by atoms with Gasteiger partial charge in [-0.25, -0.2) is 4.98 Å². The van der Waals surface area contributed by atoms with Gasteiger partial charge < -0.3 is 14.5 Å². The van der Waals surface area contributed by atoms with E-state index < -0.39 is 0 Å². The highest BCUT2D eigenvalue weighted by Crippen LogP contribution is 2.30. The lowest BCUT2D eigenvalue weighted by Crippen LogP contribution is -2.37. The number of hydrogen-bond donors (Lipinski definition) is 1. The van der Waals surface area contributed by atoms with E-state index in [1.54, 1.807) is 12.3 Å². The largest absolute Gasteiger partial charge is 0.378 e. The molecule has 0 unspecified atom stereocenters. The summed E-state index contributed by atoms with van der Waals surface area (Å²) in [5.41, 5.74) is 7.96. The third-order valence-corrected chi connectivity index (χ3v) is 6.26. The van der Waals surface area contributed by atoms with Crippen molar-refractivity contribution in [1.29, 1.82) is 0 Å². The molecule has 2 aliphatic heterocycles. The Morgan fingerprint density at radius 3 is 2.53 bits per heavy atom. The number of allylic oxidation sites excluding steroid dienone is 5. The zero-order chi connectivity index (χ0) is 24.1. The fraction of sp³-hybridized carbons (Fsp3) is 0.423. The molecule has 0 radical (unpaired) electrons. The Labute approximate surface area is 202 Å². The van der Waals surface area contributed by atoms with Gasteiger partial charge in [0.15, 0.2) is 11.5 Å². The van der Waals surface area contributed by atoms with Gasteiger partial charge in [0.2, 0.25) is 0 Å². The normalized spacial score (nSPS) is 18.0. The second-order valence-electron chi connectivity index (χ2n) is 9.00.